The molecular weight excluding hydrogens is 372 g/mol. The quantitative estimate of drug-likeness (QED) is 0.540. The zero-order valence-corrected chi connectivity index (χ0v) is 15.6. The molecule has 0 atom stereocenters. The van der Waals surface area contributed by atoms with Crippen molar-refractivity contribution in [1.29, 1.82) is 0 Å². The number of hydrogen-bond acceptors (Lipinski definition) is 8. The second-order valence-electron chi connectivity index (χ2n) is 6.72. The highest BCUT2D eigenvalue weighted by Crippen LogP contribution is 2.29. The topological polar surface area (TPSA) is 132 Å². The molecular formula is C18H18N10O. The molecule has 11 nitrogen and oxygen atoms in total. The van der Waals surface area contributed by atoms with E-state index in [-0.39, 0.29) is 6.03 Å². The molecule has 0 radical (unpaired) electrons. The number of hydrogen-bond donors (Lipinski definition) is 2. The Labute approximate surface area is 165 Å². The molecule has 0 aliphatic carbocycles. The molecule has 1 aliphatic heterocycles. The number of aryl methyl sites for hydroxylation is 1. The van der Waals surface area contributed by atoms with Gasteiger partial charge in [-0.05, 0) is 25.5 Å². The fourth-order valence-electron chi connectivity index (χ4n) is 3.19. The first-order valence-corrected chi connectivity index (χ1v) is 9.16. The van der Waals surface area contributed by atoms with Crippen LogP contribution in [0.4, 0.5) is 22.2 Å². The fraction of sp³-hybridized carbons (Fsp3) is 0.222. The van der Waals surface area contributed by atoms with E-state index in [0.29, 0.717) is 40.3 Å². The Bertz CT molecular complexity index is 1200. The minimum atomic E-state index is -0.139. The maximum atomic E-state index is 12.3. The van der Waals surface area contributed by atoms with Crippen LogP contribution >= 0.6 is 0 Å². The van der Waals surface area contributed by atoms with Crippen LogP contribution in [0.5, 0.6) is 0 Å². The standard InChI is InChI=1S/C18H18N10O/c1-11-21-12(10-13(19)22-11)16-17(24-15-4-2-6-20-28(15)16)23-14-5-9-27(25-14)18(29)26-7-3-8-26/h2,4-6,9-10H,3,7-8H2,1H3,(H,23,25)(H2,19,21,22). The minimum absolute atomic E-state index is 0.139. The molecule has 0 unspecified atom stereocenters. The first kappa shape index (κ1) is 17.1. The first-order chi connectivity index (χ1) is 14.1. The van der Waals surface area contributed by atoms with Gasteiger partial charge in [-0.15, -0.1) is 5.10 Å². The largest absolute Gasteiger partial charge is 0.384 e. The highest BCUT2D eigenvalue weighted by molar-refractivity contribution is 5.79. The third-order valence-corrected chi connectivity index (χ3v) is 4.65. The van der Waals surface area contributed by atoms with Gasteiger partial charge in [0.05, 0.1) is 5.69 Å². The third kappa shape index (κ3) is 3.02. The summed E-state index contributed by atoms with van der Waals surface area (Å²) < 4.78 is 2.99. The van der Waals surface area contributed by atoms with Crippen LogP contribution in [0.3, 0.4) is 0 Å². The zero-order valence-electron chi connectivity index (χ0n) is 15.6. The molecule has 3 N–H and O–H groups in total. The van der Waals surface area contributed by atoms with Crippen molar-refractivity contribution in [2.24, 2.45) is 0 Å². The van der Waals surface area contributed by atoms with E-state index in [1.54, 1.807) is 46.9 Å². The number of fused-ring (bicyclic) bond motifs is 1. The number of anilines is 3. The van der Waals surface area contributed by atoms with E-state index >= 15 is 0 Å². The van der Waals surface area contributed by atoms with Gasteiger partial charge in [0.25, 0.3) is 0 Å². The molecule has 0 spiro atoms. The number of aromatic nitrogens is 7. The number of nitrogen functional groups attached to an aromatic ring is 1. The molecule has 1 saturated heterocycles. The van der Waals surface area contributed by atoms with Crippen molar-refractivity contribution in [3.8, 4) is 11.4 Å². The molecule has 1 aliphatic rings. The van der Waals surface area contributed by atoms with Crippen LogP contribution in [0.15, 0.2) is 36.7 Å². The summed E-state index contributed by atoms with van der Waals surface area (Å²) in [5.74, 6) is 1.89. The summed E-state index contributed by atoms with van der Waals surface area (Å²) in [6.07, 6.45) is 4.32. The van der Waals surface area contributed by atoms with E-state index in [4.69, 9.17) is 5.73 Å². The van der Waals surface area contributed by atoms with Gasteiger partial charge in [-0.3, -0.25) is 0 Å². The van der Waals surface area contributed by atoms with Gasteiger partial charge in [0.2, 0.25) is 0 Å². The normalized spacial score (nSPS) is 13.5. The smallest absolute Gasteiger partial charge is 0.344 e. The summed E-state index contributed by atoms with van der Waals surface area (Å²) in [6.45, 7) is 3.29. The van der Waals surface area contributed by atoms with Crippen molar-refractivity contribution in [3.05, 3.63) is 42.5 Å². The van der Waals surface area contributed by atoms with Gasteiger partial charge in [-0.1, -0.05) is 0 Å². The van der Waals surface area contributed by atoms with Crippen LogP contribution in [0.2, 0.25) is 0 Å². The van der Waals surface area contributed by atoms with Crippen LogP contribution in [0, 0.1) is 6.92 Å². The van der Waals surface area contributed by atoms with Crippen molar-refractivity contribution >= 4 is 29.1 Å². The van der Waals surface area contributed by atoms with E-state index < -0.39 is 0 Å². The van der Waals surface area contributed by atoms with Crippen LogP contribution in [0.1, 0.15) is 12.2 Å². The third-order valence-electron chi connectivity index (χ3n) is 4.65. The summed E-state index contributed by atoms with van der Waals surface area (Å²) in [4.78, 5) is 27.3. The van der Waals surface area contributed by atoms with Gasteiger partial charge in [0.1, 0.15) is 17.3 Å². The fourth-order valence-corrected chi connectivity index (χ4v) is 3.19. The Kier molecular flexibility index (Phi) is 3.86. The molecule has 1 amide bonds. The maximum Gasteiger partial charge on any atom is 0.344 e. The van der Waals surface area contributed by atoms with E-state index in [2.05, 4.69) is 30.5 Å². The van der Waals surface area contributed by atoms with E-state index in [1.807, 2.05) is 6.07 Å². The van der Waals surface area contributed by atoms with Crippen molar-refractivity contribution < 1.29 is 4.79 Å². The lowest BCUT2D eigenvalue weighted by Crippen LogP contribution is -2.44. The Morgan fingerprint density at radius 1 is 1.21 bits per heavy atom. The summed E-state index contributed by atoms with van der Waals surface area (Å²) in [7, 11) is 0. The Balaban J connectivity index is 1.55. The van der Waals surface area contributed by atoms with Crippen molar-refractivity contribution in [2.45, 2.75) is 13.3 Å². The monoisotopic (exact) mass is 390 g/mol. The van der Waals surface area contributed by atoms with E-state index in [0.717, 1.165) is 19.5 Å². The number of likely N-dealkylation sites (tertiary alicyclic amines) is 1. The number of amides is 1. The molecule has 4 aromatic heterocycles. The number of rotatable bonds is 3. The zero-order chi connectivity index (χ0) is 20.0. The predicted octanol–water partition coefficient (Wildman–Crippen LogP) is 1.69. The molecule has 29 heavy (non-hydrogen) atoms. The summed E-state index contributed by atoms with van der Waals surface area (Å²) in [5, 5.41) is 11.9. The molecule has 1 fully saturated rings. The highest BCUT2D eigenvalue weighted by Gasteiger charge is 2.23. The molecule has 4 aromatic rings. The number of nitrogens with zero attached hydrogens (tertiary/aromatic N) is 8. The van der Waals surface area contributed by atoms with Crippen LogP contribution in [-0.2, 0) is 0 Å². The molecule has 0 bridgehead atoms. The van der Waals surface area contributed by atoms with Crippen LogP contribution in [-0.4, -0.2) is 58.4 Å². The van der Waals surface area contributed by atoms with E-state index in [9.17, 15) is 4.79 Å². The summed E-state index contributed by atoms with van der Waals surface area (Å²) in [6, 6.07) is 6.89. The van der Waals surface area contributed by atoms with Crippen LogP contribution in [0.25, 0.3) is 17.0 Å². The lowest BCUT2D eigenvalue weighted by atomic mass is 10.2. The average Bonchev–Trinajstić information content (AvgIpc) is 3.23. The maximum absolute atomic E-state index is 12.3. The van der Waals surface area contributed by atoms with Gasteiger partial charge in [0, 0.05) is 37.6 Å². The highest BCUT2D eigenvalue weighted by atomic mass is 16.2. The molecule has 5 heterocycles. The molecule has 146 valence electrons. The predicted molar refractivity (Wildman–Crippen MR) is 106 cm³/mol. The summed E-state index contributed by atoms with van der Waals surface area (Å²) >= 11 is 0. The number of imidazole rings is 1. The first-order valence-electron chi connectivity index (χ1n) is 9.16. The van der Waals surface area contributed by atoms with Gasteiger partial charge in [-0.2, -0.15) is 9.78 Å². The number of nitrogens with two attached hydrogens (primary N) is 1. The van der Waals surface area contributed by atoms with Crippen molar-refractivity contribution in [1.82, 2.24) is 39.2 Å². The Hall–Kier alpha value is -4.02. The van der Waals surface area contributed by atoms with Gasteiger partial charge < -0.3 is 16.0 Å². The van der Waals surface area contributed by atoms with Gasteiger partial charge in [0.15, 0.2) is 17.3 Å². The van der Waals surface area contributed by atoms with Gasteiger partial charge in [-0.25, -0.2) is 24.3 Å². The molecule has 0 saturated carbocycles. The second kappa shape index (κ2) is 6.55. The van der Waals surface area contributed by atoms with Crippen LogP contribution < -0.4 is 11.1 Å². The van der Waals surface area contributed by atoms with Gasteiger partial charge >= 0.3 is 6.03 Å². The Morgan fingerprint density at radius 2 is 2.07 bits per heavy atom. The second-order valence-corrected chi connectivity index (χ2v) is 6.72. The molecule has 0 aromatic carbocycles. The Morgan fingerprint density at radius 3 is 2.83 bits per heavy atom. The lowest BCUT2D eigenvalue weighted by Gasteiger charge is -2.30. The lowest BCUT2D eigenvalue weighted by molar-refractivity contribution is 0.166. The SMILES string of the molecule is Cc1nc(N)cc(-c2c(Nc3ccn(C(=O)N4CCC4)n3)nc3cccnn23)n1. The molecule has 5 rings (SSSR count). The number of carbonyl (C=O) groups is 1. The van der Waals surface area contributed by atoms with Crippen molar-refractivity contribution in [2.75, 3.05) is 24.1 Å². The number of carbonyl (C=O) groups excluding carboxylic acids is 1. The van der Waals surface area contributed by atoms with E-state index in [1.165, 1.54) is 4.68 Å². The molecule has 11 heteroatoms. The summed E-state index contributed by atoms with van der Waals surface area (Å²) in [5.41, 5.74) is 7.76. The number of nitrogens with one attached hydrogen (secondary N) is 1. The minimum Gasteiger partial charge on any atom is -0.384 e. The van der Waals surface area contributed by atoms with Crippen molar-refractivity contribution in [3.63, 3.8) is 0 Å². The average molecular weight is 390 g/mol.